The van der Waals surface area contributed by atoms with Crippen molar-refractivity contribution in [3.63, 3.8) is 0 Å². The van der Waals surface area contributed by atoms with E-state index in [9.17, 15) is 4.39 Å². The van der Waals surface area contributed by atoms with E-state index >= 15 is 0 Å². The van der Waals surface area contributed by atoms with Crippen LogP contribution in [0.1, 0.15) is 24.3 Å². The molecular weight excluding hydrogens is 263 g/mol. The Balaban J connectivity index is 1.51. The number of halogens is 1. The van der Waals surface area contributed by atoms with Gasteiger partial charge in [-0.15, -0.1) is 6.58 Å². The molecule has 21 heavy (non-hydrogen) atoms. The summed E-state index contributed by atoms with van der Waals surface area (Å²) in [5.41, 5.74) is 1.29. The summed E-state index contributed by atoms with van der Waals surface area (Å²) in [6, 6.07) is 7.07. The Labute approximate surface area is 127 Å². The standard InChI is InChI=1S/C18H25FN2/c1-2-14-11-20-12-17(14)13-21-9-7-16(8-10-21)15-3-5-18(19)6-4-15/h2-6,14,16-17,20H,1,7-13H2/t14-,17?/m1/s1. The van der Waals surface area contributed by atoms with Crippen LogP contribution in [0.25, 0.3) is 0 Å². The normalized spacial score (nSPS) is 27.9. The molecule has 2 heterocycles. The van der Waals surface area contributed by atoms with Crippen molar-refractivity contribution < 1.29 is 4.39 Å². The molecule has 0 aliphatic carbocycles. The van der Waals surface area contributed by atoms with Crippen molar-refractivity contribution in [2.45, 2.75) is 18.8 Å². The van der Waals surface area contributed by atoms with Crippen LogP contribution in [-0.2, 0) is 0 Å². The van der Waals surface area contributed by atoms with Gasteiger partial charge in [0.05, 0.1) is 0 Å². The highest BCUT2D eigenvalue weighted by Crippen LogP contribution is 2.29. The van der Waals surface area contributed by atoms with Crippen LogP contribution in [0.4, 0.5) is 4.39 Å². The molecule has 2 aliphatic heterocycles. The monoisotopic (exact) mass is 288 g/mol. The zero-order valence-corrected chi connectivity index (χ0v) is 12.6. The molecule has 0 aromatic heterocycles. The lowest BCUT2D eigenvalue weighted by molar-refractivity contribution is 0.179. The second kappa shape index (κ2) is 6.71. The third-order valence-corrected chi connectivity index (χ3v) is 5.12. The van der Waals surface area contributed by atoms with Crippen LogP contribution in [-0.4, -0.2) is 37.6 Å². The number of hydrogen-bond acceptors (Lipinski definition) is 2. The summed E-state index contributed by atoms with van der Waals surface area (Å²) in [5.74, 6) is 1.80. The number of rotatable bonds is 4. The molecule has 2 saturated heterocycles. The Bertz CT molecular complexity index is 463. The van der Waals surface area contributed by atoms with Crippen LogP contribution in [0.2, 0.25) is 0 Å². The smallest absolute Gasteiger partial charge is 0.123 e. The zero-order chi connectivity index (χ0) is 14.7. The fourth-order valence-electron chi connectivity index (χ4n) is 3.74. The maximum Gasteiger partial charge on any atom is 0.123 e. The van der Waals surface area contributed by atoms with Crippen molar-refractivity contribution >= 4 is 0 Å². The molecule has 1 aromatic rings. The molecule has 2 atom stereocenters. The number of piperidine rings is 1. The second-order valence-corrected chi connectivity index (χ2v) is 6.44. The van der Waals surface area contributed by atoms with Gasteiger partial charge in [-0.1, -0.05) is 18.2 Å². The van der Waals surface area contributed by atoms with Crippen LogP contribution < -0.4 is 5.32 Å². The van der Waals surface area contributed by atoms with Crippen molar-refractivity contribution in [1.29, 1.82) is 0 Å². The summed E-state index contributed by atoms with van der Waals surface area (Å²) in [6.07, 6.45) is 4.48. The SMILES string of the molecule is C=C[C@@H]1CNCC1CN1CCC(c2ccc(F)cc2)CC1. The minimum atomic E-state index is -0.139. The Morgan fingerprint density at radius 2 is 1.90 bits per heavy atom. The van der Waals surface area contributed by atoms with Gasteiger partial charge in [0.2, 0.25) is 0 Å². The van der Waals surface area contributed by atoms with Crippen LogP contribution in [0.3, 0.4) is 0 Å². The number of nitrogens with zero attached hydrogens (tertiary/aromatic N) is 1. The molecular formula is C18H25FN2. The zero-order valence-electron chi connectivity index (χ0n) is 12.6. The van der Waals surface area contributed by atoms with Gasteiger partial charge in [0, 0.05) is 13.1 Å². The number of benzene rings is 1. The van der Waals surface area contributed by atoms with Gasteiger partial charge in [-0.05, 0) is 67.9 Å². The molecule has 0 saturated carbocycles. The molecule has 2 nitrogen and oxygen atoms in total. The van der Waals surface area contributed by atoms with Crippen molar-refractivity contribution in [2.75, 3.05) is 32.7 Å². The minimum Gasteiger partial charge on any atom is -0.316 e. The van der Waals surface area contributed by atoms with E-state index in [2.05, 4.69) is 22.9 Å². The number of hydrogen-bond donors (Lipinski definition) is 1. The first kappa shape index (κ1) is 14.7. The van der Waals surface area contributed by atoms with Crippen molar-refractivity contribution in [2.24, 2.45) is 11.8 Å². The highest BCUT2D eigenvalue weighted by atomic mass is 19.1. The molecule has 0 bridgehead atoms. The number of nitrogens with one attached hydrogen (secondary N) is 1. The van der Waals surface area contributed by atoms with Gasteiger partial charge in [0.15, 0.2) is 0 Å². The summed E-state index contributed by atoms with van der Waals surface area (Å²) in [6.45, 7) is 9.65. The summed E-state index contributed by atoms with van der Waals surface area (Å²) in [4.78, 5) is 2.59. The second-order valence-electron chi connectivity index (χ2n) is 6.44. The van der Waals surface area contributed by atoms with Crippen molar-refractivity contribution in [3.8, 4) is 0 Å². The average molecular weight is 288 g/mol. The van der Waals surface area contributed by atoms with E-state index in [-0.39, 0.29) is 5.82 Å². The van der Waals surface area contributed by atoms with Crippen LogP contribution in [0.15, 0.2) is 36.9 Å². The third-order valence-electron chi connectivity index (χ3n) is 5.12. The van der Waals surface area contributed by atoms with E-state index in [1.54, 1.807) is 12.1 Å². The topological polar surface area (TPSA) is 15.3 Å². The largest absolute Gasteiger partial charge is 0.316 e. The van der Waals surface area contributed by atoms with E-state index in [4.69, 9.17) is 0 Å². The summed E-state index contributed by atoms with van der Waals surface area (Å²) in [7, 11) is 0. The van der Waals surface area contributed by atoms with E-state index in [0.717, 1.165) is 26.2 Å². The van der Waals surface area contributed by atoms with Gasteiger partial charge in [-0.25, -0.2) is 4.39 Å². The summed E-state index contributed by atoms with van der Waals surface area (Å²) in [5, 5.41) is 3.47. The van der Waals surface area contributed by atoms with E-state index < -0.39 is 0 Å². The van der Waals surface area contributed by atoms with Crippen LogP contribution in [0.5, 0.6) is 0 Å². The van der Waals surface area contributed by atoms with Crippen molar-refractivity contribution in [3.05, 3.63) is 48.3 Å². The first-order chi connectivity index (χ1) is 10.3. The highest BCUT2D eigenvalue weighted by molar-refractivity contribution is 5.21. The molecule has 1 aromatic carbocycles. The van der Waals surface area contributed by atoms with Crippen LogP contribution in [0, 0.1) is 17.7 Å². The summed E-state index contributed by atoms with van der Waals surface area (Å²) >= 11 is 0. The molecule has 1 N–H and O–H groups in total. The fourth-order valence-corrected chi connectivity index (χ4v) is 3.74. The quantitative estimate of drug-likeness (QED) is 0.857. The molecule has 3 rings (SSSR count). The molecule has 2 aliphatic rings. The molecule has 0 amide bonds. The van der Waals surface area contributed by atoms with Gasteiger partial charge in [-0.3, -0.25) is 0 Å². The van der Waals surface area contributed by atoms with Crippen LogP contribution >= 0.6 is 0 Å². The molecule has 0 radical (unpaired) electrons. The van der Waals surface area contributed by atoms with Crippen molar-refractivity contribution in [1.82, 2.24) is 10.2 Å². The van der Waals surface area contributed by atoms with Gasteiger partial charge < -0.3 is 10.2 Å². The first-order valence-corrected chi connectivity index (χ1v) is 8.07. The predicted octanol–water partition coefficient (Wildman–Crippen LogP) is 3.03. The highest BCUT2D eigenvalue weighted by Gasteiger charge is 2.28. The average Bonchev–Trinajstić information content (AvgIpc) is 2.96. The minimum absolute atomic E-state index is 0.139. The van der Waals surface area contributed by atoms with Gasteiger partial charge in [0.25, 0.3) is 0 Å². The van der Waals surface area contributed by atoms with Gasteiger partial charge >= 0.3 is 0 Å². The van der Waals surface area contributed by atoms with E-state index in [1.165, 1.54) is 24.9 Å². The fraction of sp³-hybridized carbons (Fsp3) is 0.556. The lowest BCUT2D eigenvalue weighted by Gasteiger charge is -2.34. The molecule has 3 heteroatoms. The number of likely N-dealkylation sites (tertiary alicyclic amines) is 1. The van der Waals surface area contributed by atoms with E-state index in [0.29, 0.717) is 17.8 Å². The van der Waals surface area contributed by atoms with Gasteiger partial charge in [-0.2, -0.15) is 0 Å². The molecule has 1 unspecified atom stereocenters. The maximum absolute atomic E-state index is 13.0. The summed E-state index contributed by atoms with van der Waals surface area (Å²) < 4.78 is 13.0. The van der Waals surface area contributed by atoms with Gasteiger partial charge in [0.1, 0.15) is 5.82 Å². The first-order valence-electron chi connectivity index (χ1n) is 8.07. The lowest BCUT2D eigenvalue weighted by Crippen LogP contribution is -2.38. The molecule has 0 spiro atoms. The molecule has 2 fully saturated rings. The van der Waals surface area contributed by atoms with E-state index in [1.807, 2.05) is 12.1 Å². The predicted molar refractivity (Wildman–Crippen MR) is 84.9 cm³/mol. The third kappa shape index (κ3) is 3.53. The lowest BCUT2D eigenvalue weighted by atomic mass is 9.88. The maximum atomic E-state index is 13.0. The Kier molecular flexibility index (Phi) is 4.71. The Morgan fingerprint density at radius 1 is 1.19 bits per heavy atom. The molecule has 114 valence electrons. The Morgan fingerprint density at radius 3 is 2.57 bits per heavy atom. The Hall–Kier alpha value is -1.19.